The molecule has 1 aliphatic rings. The summed E-state index contributed by atoms with van der Waals surface area (Å²) in [5.41, 5.74) is 0. The maximum absolute atomic E-state index is 4.29. The lowest BCUT2D eigenvalue weighted by Crippen LogP contribution is -2.19. The molecule has 0 N–H and O–H groups in total. The Bertz CT molecular complexity index is 139. The number of hydrogen-bond acceptors (Lipinski definition) is 3. The van der Waals surface area contributed by atoms with Gasteiger partial charge >= 0.3 is 0 Å². The fourth-order valence-electron chi connectivity index (χ4n) is 1.04. The molecule has 68 valence electrons. The molecule has 3 heteroatoms. The van der Waals surface area contributed by atoms with Crippen molar-refractivity contribution in [3.05, 3.63) is 0 Å². The minimum Gasteiger partial charge on any atom is -0.282 e. The van der Waals surface area contributed by atoms with Gasteiger partial charge in [0.2, 0.25) is 0 Å². The van der Waals surface area contributed by atoms with Gasteiger partial charge < -0.3 is 0 Å². The normalized spacial score (nSPS) is 28.2. The third-order valence-electron chi connectivity index (χ3n) is 1.92. The highest BCUT2D eigenvalue weighted by molar-refractivity contribution is 5.61. The Morgan fingerprint density at radius 3 is 2.17 bits per heavy atom. The van der Waals surface area contributed by atoms with Crippen LogP contribution in [0.15, 0.2) is 9.98 Å². The lowest BCUT2D eigenvalue weighted by atomic mass is 10.1. The van der Waals surface area contributed by atoms with E-state index in [2.05, 4.69) is 21.8 Å². The summed E-state index contributed by atoms with van der Waals surface area (Å²) >= 11 is 0. The molecule has 0 aliphatic carbocycles. The first-order valence-corrected chi connectivity index (χ1v) is 4.44. The van der Waals surface area contributed by atoms with Crippen LogP contribution in [0.2, 0.25) is 0 Å². The Kier molecular flexibility index (Phi) is 3.94. The molecule has 0 unspecified atom stereocenters. The van der Waals surface area contributed by atoms with Crippen molar-refractivity contribution in [2.75, 3.05) is 20.4 Å². The van der Waals surface area contributed by atoms with E-state index in [9.17, 15) is 0 Å². The average molecular weight is 167 g/mol. The summed E-state index contributed by atoms with van der Waals surface area (Å²) in [6.45, 7) is 3.76. The van der Waals surface area contributed by atoms with Crippen LogP contribution < -0.4 is 0 Å². The van der Waals surface area contributed by atoms with E-state index in [1.165, 1.54) is 0 Å². The van der Waals surface area contributed by atoms with Gasteiger partial charge in [-0.15, -0.1) is 0 Å². The molecule has 0 fully saturated rings. The van der Waals surface area contributed by atoms with Crippen molar-refractivity contribution < 1.29 is 0 Å². The second kappa shape index (κ2) is 5.04. The van der Waals surface area contributed by atoms with E-state index in [4.69, 9.17) is 0 Å². The quantitative estimate of drug-likeness (QED) is 0.536. The van der Waals surface area contributed by atoms with Crippen LogP contribution >= 0.6 is 0 Å². The van der Waals surface area contributed by atoms with Crippen molar-refractivity contribution in [1.29, 1.82) is 0 Å². The third-order valence-corrected chi connectivity index (χ3v) is 1.92. The van der Waals surface area contributed by atoms with Crippen molar-refractivity contribution in [3.8, 4) is 0 Å². The van der Waals surface area contributed by atoms with Gasteiger partial charge in [0.15, 0.2) is 0 Å². The van der Waals surface area contributed by atoms with Gasteiger partial charge in [-0.3, -0.25) is 14.9 Å². The summed E-state index contributed by atoms with van der Waals surface area (Å²) in [6, 6.07) is 0. The van der Waals surface area contributed by atoms with E-state index in [1.54, 1.807) is 0 Å². The molecule has 0 amide bonds. The van der Waals surface area contributed by atoms with E-state index in [0.717, 1.165) is 26.2 Å². The van der Waals surface area contributed by atoms with Crippen molar-refractivity contribution in [3.63, 3.8) is 0 Å². The zero-order chi connectivity index (χ0) is 8.81. The zero-order valence-electron chi connectivity index (χ0n) is 7.90. The fourth-order valence-corrected chi connectivity index (χ4v) is 1.04. The summed E-state index contributed by atoms with van der Waals surface area (Å²) < 4.78 is 0. The maximum Gasteiger partial charge on any atom is 0.0917 e. The van der Waals surface area contributed by atoms with Gasteiger partial charge in [-0.05, 0) is 25.8 Å². The molecule has 12 heavy (non-hydrogen) atoms. The zero-order valence-corrected chi connectivity index (χ0v) is 7.90. The van der Waals surface area contributed by atoms with Crippen molar-refractivity contribution in [1.82, 2.24) is 4.90 Å². The number of nitrogens with zero attached hydrogens (tertiary/aromatic N) is 3. The molecule has 0 saturated heterocycles. The standard InChI is InChI=1S/C9H17N3/c1-9-3-5-10-7-12(2)8-11-6-4-9/h5-6,9H,3-4,7-8H2,1-2H3/b10-5-,11-6-. The van der Waals surface area contributed by atoms with Crippen LogP contribution in [0.5, 0.6) is 0 Å². The minimum absolute atomic E-state index is 0.681. The second-order valence-electron chi connectivity index (χ2n) is 3.45. The maximum atomic E-state index is 4.29. The van der Waals surface area contributed by atoms with Gasteiger partial charge in [0, 0.05) is 12.4 Å². The highest BCUT2D eigenvalue weighted by atomic mass is 15.2. The summed E-state index contributed by atoms with van der Waals surface area (Å²) in [5.74, 6) is 0.681. The Morgan fingerprint density at radius 2 is 1.67 bits per heavy atom. The molecular weight excluding hydrogens is 150 g/mol. The largest absolute Gasteiger partial charge is 0.282 e. The lowest BCUT2D eigenvalue weighted by Gasteiger charge is -2.12. The van der Waals surface area contributed by atoms with Crippen molar-refractivity contribution in [2.24, 2.45) is 15.9 Å². The molecule has 0 radical (unpaired) electrons. The molecule has 0 aromatic carbocycles. The molecule has 1 rings (SSSR count). The van der Waals surface area contributed by atoms with Crippen LogP contribution in [-0.2, 0) is 0 Å². The summed E-state index contributed by atoms with van der Waals surface area (Å²) in [4.78, 5) is 10.7. The smallest absolute Gasteiger partial charge is 0.0917 e. The SMILES string of the molecule is CC1C/C=N\CN(C)C/N=C\C1. The van der Waals surface area contributed by atoms with E-state index in [0.29, 0.717) is 5.92 Å². The molecule has 1 heterocycles. The molecule has 0 bridgehead atoms. The number of aliphatic imine (C=N–C) groups is 2. The highest BCUT2D eigenvalue weighted by Gasteiger charge is 1.99. The first-order valence-electron chi connectivity index (χ1n) is 4.44. The number of rotatable bonds is 0. The van der Waals surface area contributed by atoms with Crippen LogP contribution in [0.1, 0.15) is 19.8 Å². The van der Waals surface area contributed by atoms with Gasteiger partial charge in [0.25, 0.3) is 0 Å². The topological polar surface area (TPSA) is 28.0 Å². The first kappa shape index (κ1) is 9.39. The van der Waals surface area contributed by atoms with Gasteiger partial charge in [-0.2, -0.15) is 0 Å². The second-order valence-corrected chi connectivity index (χ2v) is 3.45. The van der Waals surface area contributed by atoms with Crippen LogP contribution in [0, 0.1) is 5.92 Å². The third kappa shape index (κ3) is 3.62. The van der Waals surface area contributed by atoms with E-state index >= 15 is 0 Å². The lowest BCUT2D eigenvalue weighted by molar-refractivity contribution is 0.358. The van der Waals surface area contributed by atoms with Crippen molar-refractivity contribution >= 4 is 12.4 Å². The summed E-state index contributed by atoms with van der Waals surface area (Å²) in [5, 5.41) is 0. The molecule has 0 aromatic heterocycles. The Hall–Kier alpha value is -0.700. The summed E-state index contributed by atoms with van der Waals surface area (Å²) in [6.07, 6.45) is 6.19. The molecule has 0 saturated carbocycles. The molecule has 3 nitrogen and oxygen atoms in total. The van der Waals surface area contributed by atoms with E-state index in [1.807, 2.05) is 19.5 Å². The predicted molar refractivity (Wildman–Crippen MR) is 52.9 cm³/mol. The number of hydrogen-bond donors (Lipinski definition) is 0. The van der Waals surface area contributed by atoms with Gasteiger partial charge in [-0.1, -0.05) is 6.92 Å². The Labute approximate surface area is 74.2 Å². The van der Waals surface area contributed by atoms with E-state index < -0.39 is 0 Å². The minimum atomic E-state index is 0.681. The van der Waals surface area contributed by atoms with Crippen LogP contribution in [0.25, 0.3) is 0 Å². The highest BCUT2D eigenvalue weighted by Crippen LogP contribution is 2.04. The molecule has 0 spiro atoms. The van der Waals surface area contributed by atoms with Crippen LogP contribution in [0.3, 0.4) is 0 Å². The van der Waals surface area contributed by atoms with Gasteiger partial charge in [-0.25, -0.2) is 0 Å². The monoisotopic (exact) mass is 167 g/mol. The Balaban J connectivity index is 2.43. The van der Waals surface area contributed by atoms with E-state index in [-0.39, 0.29) is 0 Å². The van der Waals surface area contributed by atoms with Crippen LogP contribution in [0.4, 0.5) is 0 Å². The molecule has 0 atom stereocenters. The summed E-state index contributed by atoms with van der Waals surface area (Å²) in [7, 11) is 2.03. The Morgan fingerprint density at radius 1 is 1.17 bits per heavy atom. The predicted octanol–water partition coefficient (Wildman–Crippen LogP) is 1.40. The van der Waals surface area contributed by atoms with Crippen molar-refractivity contribution in [2.45, 2.75) is 19.8 Å². The first-order chi connectivity index (χ1) is 5.79. The average Bonchev–Trinajstić information content (AvgIpc) is 2.06. The fraction of sp³-hybridized carbons (Fsp3) is 0.778. The molecular formula is C9H17N3. The molecule has 0 aromatic rings. The molecule has 1 aliphatic heterocycles. The van der Waals surface area contributed by atoms with Gasteiger partial charge in [0.1, 0.15) is 0 Å². The van der Waals surface area contributed by atoms with Crippen LogP contribution in [-0.4, -0.2) is 37.7 Å². The van der Waals surface area contributed by atoms with Gasteiger partial charge in [0.05, 0.1) is 13.3 Å².